The maximum atomic E-state index is 7.00. The van der Waals surface area contributed by atoms with Gasteiger partial charge in [-0.15, -0.1) is 0 Å². The van der Waals surface area contributed by atoms with Gasteiger partial charge in [-0.25, -0.2) is 0 Å². The van der Waals surface area contributed by atoms with E-state index in [0.29, 0.717) is 0 Å². The van der Waals surface area contributed by atoms with Crippen molar-refractivity contribution < 1.29 is 222 Å². The Morgan fingerprint density at radius 1 is 0.250 bits per heavy atom. The van der Waals surface area contributed by atoms with Crippen LogP contribution in [-0.2, 0) is 156 Å². The van der Waals surface area contributed by atoms with Crippen molar-refractivity contribution in [3.63, 3.8) is 0 Å². The van der Waals surface area contributed by atoms with Crippen molar-refractivity contribution in [1.29, 1.82) is 0 Å². The second-order valence-electron chi connectivity index (χ2n) is 0. The molecule has 0 aromatic heterocycles. The Morgan fingerprint density at radius 2 is 0.250 bits per heavy atom. The van der Waals surface area contributed by atoms with E-state index in [4.69, 9.17) is 19.9 Å². The van der Waals surface area contributed by atoms with E-state index >= 15 is 0 Å². The van der Waals surface area contributed by atoms with Crippen molar-refractivity contribution in [3.8, 4) is 0 Å². The van der Waals surface area contributed by atoms with Crippen molar-refractivity contribution in [1.82, 2.24) is 0 Å². The topological polar surface area (TPSA) is 440 Å². The average molecular weight is 799 g/mol. The third-order valence-electron chi connectivity index (χ3n) is 0. The molecule has 0 unspecified atom stereocenters. The molecule has 0 bridgehead atoms. The molecule has 0 saturated heterocycles. The van der Waals surface area contributed by atoms with E-state index in [1.807, 2.05) is 0 Å². The van der Waals surface area contributed by atoms with Crippen LogP contribution in [0.2, 0.25) is 0 Å². The van der Waals surface area contributed by atoms with Crippen molar-refractivity contribution in [2.75, 3.05) is 0 Å². The molecule has 0 aliphatic rings. The van der Waals surface area contributed by atoms with Crippen molar-refractivity contribution in [2.24, 2.45) is 0 Å². The van der Waals surface area contributed by atoms with Crippen LogP contribution in [-0.4, -0.2) is 65.7 Å². The van der Waals surface area contributed by atoms with Gasteiger partial charge < -0.3 is 65.7 Å². The molecular formula is H20O16Zn8. The van der Waals surface area contributed by atoms with Gasteiger partial charge in [-0.1, -0.05) is 0 Å². The maximum absolute atomic E-state index is 7.00. The fourth-order valence-electron chi connectivity index (χ4n) is 0. The smallest absolute Gasteiger partial charge is 0.870 e. The molecule has 16 nitrogen and oxygen atoms in total. The molecule has 20 N–H and O–H groups in total. The second kappa shape index (κ2) is 1280. The van der Waals surface area contributed by atoms with Crippen LogP contribution in [0.15, 0.2) is 0 Å². The predicted molar refractivity (Wildman–Crippen MR) is 50.1 cm³/mol. The molecule has 132 valence electrons. The molecule has 24 heteroatoms. The summed E-state index contributed by atoms with van der Waals surface area (Å²) in [4.78, 5) is 28.0. The van der Waals surface area contributed by atoms with Gasteiger partial charge in [0.05, 0.1) is 0 Å². The average Bonchev–Trinajstić information content (AvgIpc) is 1.50. The quantitative estimate of drug-likeness (QED) is 0.211. The zero-order valence-corrected chi connectivity index (χ0v) is 36.8. The van der Waals surface area contributed by atoms with E-state index in [1.54, 1.807) is 0 Å². The molecule has 0 atom stereocenters. The fraction of sp³-hybridized carbons (Fsp3) is 0. The summed E-state index contributed by atoms with van der Waals surface area (Å²) in [6.07, 6.45) is 0. The molecular weight excluding hydrogens is 779 g/mol. The summed E-state index contributed by atoms with van der Waals surface area (Å²) < 4.78 is 0. The zero-order chi connectivity index (χ0) is 4.00. The summed E-state index contributed by atoms with van der Waals surface area (Å²) in [5.41, 5.74) is 0. The third-order valence-corrected chi connectivity index (χ3v) is 0. The van der Waals surface area contributed by atoms with Crippen LogP contribution >= 0.6 is 0 Å². The Bertz CT molecular complexity index is 24.0. The van der Waals surface area contributed by atoms with Crippen molar-refractivity contribution in [2.45, 2.75) is 0 Å². The third kappa shape index (κ3) is 1140. The van der Waals surface area contributed by atoms with Crippen LogP contribution < -0.4 is 0 Å². The first kappa shape index (κ1) is 607. The molecule has 0 aromatic carbocycles. The SMILES string of the molecule is O.O.O.O.O.O.O.O.O=O.O=O.[OH-].[OH-].[OH-].[OH-].[Zn+2].[Zn+2].[Zn].[Zn].[Zn].[Zn].[Zn].[Zn]. The minimum atomic E-state index is 0. The van der Waals surface area contributed by atoms with Gasteiger partial charge in [0, 0.05) is 137 Å². The van der Waals surface area contributed by atoms with Crippen LogP contribution in [0.25, 0.3) is 0 Å². The molecule has 0 aromatic rings. The van der Waals surface area contributed by atoms with Crippen LogP contribution in [0.4, 0.5) is 0 Å². The molecule has 0 heterocycles. The minimum absolute atomic E-state index is 0. The van der Waals surface area contributed by atoms with Crippen LogP contribution in [0.5, 0.6) is 0 Å². The first-order valence-electron chi connectivity index (χ1n) is 0.333. The Kier molecular flexibility index (Phi) is 32500. The van der Waals surface area contributed by atoms with Gasteiger partial charge in [-0.3, -0.25) is 0 Å². The molecule has 24 heavy (non-hydrogen) atoms. The molecule has 0 aliphatic heterocycles. The Morgan fingerprint density at radius 3 is 0.250 bits per heavy atom. The van der Waals surface area contributed by atoms with Gasteiger partial charge in [0.2, 0.25) is 0 Å². The molecule has 0 saturated carbocycles. The molecule has 0 fully saturated rings. The predicted octanol–water partition coefficient (Wildman–Crippen LogP) is -7.19. The van der Waals surface area contributed by atoms with E-state index in [1.165, 1.54) is 0 Å². The number of hydrogen-bond donors (Lipinski definition) is 0. The summed E-state index contributed by atoms with van der Waals surface area (Å²) in [6, 6.07) is 0. The van der Waals surface area contributed by atoms with E-state index in [2.05, 4.69) is 0 Å². The fourth-order valence-corrected chi connectivity index (χ4v) is 0. The molecule has 0 aliphatic carbocycles. The summed E-state index contributed by atoms with van der Waals surface area (Å²) in [7, 11) is 0. The van der Waals surface area contributed by atoms with E-state index in [9.17, 15) is 0 Å². The van der Waals surface area contributed by atoms with E-state index in [0.717, 1.165) is 0 Å². The van der Waals surface area contributed by atoms with Crippen molar-refractivity contribution in [3.05, 3.63) is 19.9 Å². The Hall–Kier alpha value is 3.71. The largest absolute Gasteiger partial charge is 2.00 e. The van der Waals surface area contributed by atoms with Crippen LogP contribution in [0, 0.1) is 19.9 Å². The maximum Gasteiger partial charge on any atom is 2.00 e. The standard InChI is InChI=1S/2O2.12H2O.8Zn/c2*1-2;;;;;;;;;;;;;;;;;;;;/h;;12*1H2;;;;;;;;/q;;;;;;;;;;;;;;;;;;;;2*+2/p-4. The summed E-state index contributed by atoms with van der Waals surface area (Å²) in [6.45, 7) is 0. The minimum Gasteiger partial charge on any atom is -0.870 e. The van der Waals surface area contributed by atoms with Gasteiger partial charge in [0.25, 0.3) is 0 Å². The van der Waals surface area contributed by atoms with Gasteiger partial charge in [-0.2, -0.15) is 0 Å². The molecule has 0 amide bonds. The summed E-state index contributed by atoms with van der Waals surface area (Å²) in [5.74, 6) is 0. The van der Waals surface area contributed by atoms with E-state index in [-0.39, 0.29) is 222 Å². The number of hydrogen-bond acceptors (Lipinski definition) is 8. The second-order valence-corrected chi connectivity index (χ2v) is 0. The number of rotatable bonds is 0. The summed E-state index contributed by atoms with van der Waals surface area (Å²) >= 11 is 0. The van der Waals surface area contributed by atoms with Gasteiger partial charge in [0.1, 0.15) is 0 Å². The van der Waals surface area contributed by atoms with Gasteiger partial charge in [0.15, 0.2) is 0 Å². The first-order chi connectivity index (χ1) is 2.00. The summed E-state index contributed by atoms with van der Waals surface area (Å²) in [5, 5.41) is 0. The molecule has 0 radical (unpaired) electrons. The monoisotopic (exact) mass is 788 g/mol. The van der Waals surface area contributed by atoms with E-state index < -0.39 is 0 Å². The molecule has 0 rings (SSSR count). The molecule has 0 spiro atoms. The van der Waals surface area contributed by atoms with Crippen LogP contribution in [0.3, 0.4) is 0 Å². The first-order valence-corrected chi connectivity index (χ1v) is 0.333. The van der Waals surface area contributed by atoms with Crippen molar-refractivity contribution >= 4 is 0 Å². The zero-order valence-electron chi connectivity index (χ0n) is 13.1. The Balaban J connectivity index is -0.0000000000909. The Labute approximate surface area is 238 Å². The van der Waals surface area contributed by atoms with Crippen LogP contribution in [0.1, 0.15) is 0 Å². The normalized spacial score (nSPS) is 0.333. The van der Waals surface area contributed by atoms with Gasteiger partial charge in [-0.05, 0) is 0 Å². The van der Waals surface area contributed by atoms with Gasteiger partial charge >= 0.3 is 39.0 Å².